The molecule has 0 bridgehead atoms. The van der Waals surface area contributed by atoms with Crippen LogP contribution in [0, 0.1) is 13.8 Å². The molecule has 0 radical (unpaired) electrons. The van der Waals surface area contributed by atoms with E-state index in [1.165, 1.54) is 11.3 Å². The fourth-order valence-corrected chi connectivity index (χ4v) is 3.00. The standard InChI is InChI=1S/C14H18N2O3S/c1-9-13(10(2)19-16-9)11-5-6-12(20-11)14(17)15-7-4-8-18-3/h5-6H,4,7-8H2,1-3H3,(H,15,17). The van der Waals surface area contributed by atoms with E-state index in [1.54, 1.807) is 7.11 Å². The molecule has 0 fully saturated rings. The van der Waals surface area contributed by atoms with Crippen molar-refractivity contribution in [1.82, 2.24) is 10.5 Å². The first-order valence-electron chi connectivity index (χ1n) is 6.43. The normalized spacial score (nSPS) is 10.8. The molecular weight excluding hydrogens is 276 g/mol. The zero-order valence-corrected chi connectivity index (χ0v) is 12.7. The summed E-state index contributed by atoms with van der Waals surface area (Å²) in [6.07, 6.45) is 0.810. The highest BCUT2D eigenvalue weighted by Crippen LogP contribution is 2.32. The molecule has 0 saturated carbocycles. The van der Waals surface area contributed by atoms with Gasteiger partial charge in [0.25, 0.3) is 5.91 Å². The van der Waals surface area contributed by atoms with Gasteiger partial charge in [-0.2, -0.15) is 0 Å². The molecule has 20 heavy (non-hydrogen) atoms. The highest BCUT2D eigenvalue weighted by molar-refractivity contribution is 7.17. The summed E-state index contributed by atoms with van der Waals surface area (Å²) in [4.78, 5) is 13.7. The summed E-state index contributed by atoms with van der Waals surface area (Å²) >= 11 is 1.45. The van der Waals surface area contributed by atoms with Crippen LogP contribution in [-0.2, 0) is 4.74 Å². The van der Waals surface area contributed by atoms with E-state index in [4.69, 9.17) is 9.26 Å². The topological polar surface area (TPSA) is 64.4 Å². The molecule has 0 aliphatic rings. The van der Waals surface area contributed by atoms with Crippen LogP contribution in [0.25, 0.3) is 10.4 Å². The molecule has 2 heterocycles. The number of hydrogen-bond acceptors (Lipinski definition) is 5. The van der Waals surface area contributed by atoms with Crippen LogP contribution in [-0.4, -0.2) is 31.3 Å². The number of nitrogens with zero attached hydrogens (tertiary/aromatic N) is 1. The van der Waals surface area contributed by atoms with Crippen molar-refractivity contribution < 1.29 is 14.1 Å². The average molecular weight is 294 g/mol. The SMILES string of the molecule is COCCCNC(=O)c1ccc(-c2c(C)noc2C)s1. The van der Waals surface area contributed by atoms with E-state index in [-0.39, 0.29) is 5.91 Å². The number of aromatic nitrogens is 1. The molecule has 6 heteroatoms. The van der Waals surface area contributed by atoms with Crippen molar-refractivity contribution in [2.45, 2.75) is 20.3 Å². The number of amides is 1. The van der Waals surface area contributed by atoms with Gasteiger partial charge in [-0.05, 0) is 32.4 Å². The Morgan fingerprint density at radius 2 is 2.25 bits per heavy atom. The number of aryl methyl sites for hydroxylation is 2. The number of methoxy groups -OCH3 is 1. The molecule has 108 valence electrons. The van der Waals surface area contributed by atoms with Gasteiger partial charge < -0.3 is 14.6 Å². The van der Waals surface area contributed by atoms with Gasteiger partial charge in [0.05, 0.1) is 16.1 Å². The Labute approximate surface area is 121 Å². The lowest BCUT2D eigenvalue weighted by molar-refractivity contribution is 0.0952. The van der Waals surface area contributed by atoms with Gasteiger partial charge in [0, 0.05) is 25.1 Å². The van der Waals surface area contributed by atoms with Crippen LogP contribution < -0.4 is 5.32 Å². The Morgan fingerprint density at radius 3 is 2.90 bits per heavy atom. The summed E-state index contributed by atoms with van der Waals surface area (Å²) in [5.74, 6) is 0.723. The zero-order valence-electron chi connectivity index (χ0n) is 11.9. The summed E-state index contributed by atoms with van der Waals surface area (Å²) < 4.78 is 10.1. The summed E-state index contributed by atoms with van der Waals surface area (Å²) in [6, 6.07) is 3.76. The fraction of sp³-hybridized carbons (Fsp3) is 0.429. The molecule has 0 spiro atoms. The second kappa shape index (κ2) is 6.67. The first-order valence-corrected chi connectivity index (χ1v) is 7.25. The van der Waals surface area contributed by atoms with Crippen LogP contribution in [0.4, 0.5) is 0 Å². The zero-order chi connectivity index (χ0) is 14.5. The fourth-order valence-electron chi connectivity index (χ4n) is 1.93. The lowest BCUT2D eigenvalue weighted by Gasteiger charge is -2.02. The van der Waals surface area contributed by atoms with Gasteiger partial charge in [0.15, 0.2) is 0 Å². The van der Waals surface area contributed by atoms with Crippen molar-refractivity contribution in [3.8, 4) is 10.4 Å². The van der Waals surface area contributed by atoms with Crippen LogP contribution in [0.15, 0.2) is 16.7 Å². The highest BCUT2D eigenvalue weighted by Gasteiger charge is 2.15. The molecule has 0 aliphatic heterocycles. The van der Waals surface area contributed by atoms with Crippen molar-refractivity contribution >= 4 is 17.2 Å². The van der Waals surface area contributed by atoms with Crippen molar-refractivity contribution in [2.75, 3.05) is 20.3 Å². The monoisotopic (exact) mass is 294 g/mol. The number of nitrogens with one attached hydrogen (secondary N) is 1. The molecular formula is C14H18N2O3S. The molecule has 2 aromatic heterocycles. The molecule has 2 rings (SSSR count). The van der Waals surface area contributed by atoms with Crippen LogP contribution in [0.2, 0.25) is 0 Å². The number of carbonyl (C=O) groups is 1. The minimum Gasteiger partial charge on any atom is -0.385 e. The quantitative estimate of drug-likeness (QED) is 0.832. The molecule has 0 aromatic carbocycles. The van der Waals surface area contributed by atoms with Gasteiger partial charge >= 0.3 is 0 Å². The van der Waals surface area contributed by atoms with E-state index in [0.717, 1.165) is 28.3 Å². The summed E-state index contributed by atoms with van der Waals surface area (Å²) in [5, 5.41) is 6.81. The maximum absolute atomic E-state index is 12.0. The van der Waals surface area contributed by atoms with E-state index < -0.39 is 0 Å². The number of ether oxygens (including phenoxy) is 1. The van der Waals surface area contributed by atoms with Crippen LogP contribution in [0.1, 0.15) is 27.5 Å². The largest absolute Gasteiger partial charge is 0.385 e. The number of rotatable bonds is 6. The van der Waals surface area contributed by atoms with Gasteiger partial charge in [-0.1, -0.05) is 5.16 Å². The van der Waals surface area contributed by atoms with E-state index in [0.29, 0.717) is 18.0 Å². The lowest BCUT2D eigenvalue weighted by Crippen LogP contribution is -2.24. The molecule has 1 amide bonds. The molecule has 0 saturated heterocycles. The molecule has 0 aliphatic carbocycles. The summed E-state index contributed by atoms with van der Waals surface area (Å²) in [6.45, 7) is 5.04. The van der Waals surface area contributed by atoms with Crippen LogP contribution in [0.3, 0.4) is 0 Å². The van der Waals surface area contributed by atoms with Gasteiger partial charge in [-0.3, -0.25) is 4.79 Å². The highest BCUT2D eigenvalue weighted by atomic mass is 32.1. The predicted molar refractivity (Wildman–Crippen MR) is 78.1 cm³/mol. The smallest absolute Gasteiger partial charge is 0.261 e. The molecule has 0 unspecified atom stereocenters. The van der Waals surface area contributed by atoms with E-state index in [1.807, 2.05) is 26.0 Å². The molecule has 1 N–H and O–H groups in total. The van der Waals surface area contributed by atoms with Gasteiger partial charge in [-0.25, -0.2) is 0 Å². The van der Waals surface area contributed by atoms with Gasteiger partial charge in [0.1, 0.15) is 5.76 Å². The van der Waals surface area contributed by atoms with Crippen LogP contribution in [0.5, 0.6) is 0 Å². The minimum atomic E-state index is -0.0517. The Bertz CT molecular complexity index is 570. The first-order chi connectivity index (χ1) is 9.63. The third kappa shape index (κ3) is 3.26. The third-order valence-electron chi connectivity index (χ3n) is 2.92. The summed E-state index contributed by atoms with van der Waals surface area (Å²) in [7, 11) is 1.65. The van der Waals surface area contributed by atoms with Crippen molar-refractivity contribution in [3.05, 3.63) is 28.5 Å². The number of carbonyl (C=O) groups excluding carboxylic acids is 1. The number of hydrogen-bond donors (Lipinski definition) is 1. The third-order valence-corrected chi connectivity index (χ3v) is 4.02. The van der Waals surface area contributed by atoms with Crippen molar-refractivity contribution in [2.24, 2.45) is 0 Å². The van der Waals surface area contributed by atoms with E-state index >= 15 is 0 Å². The lowest BCUT2D eigenvalue weighted by atomic mass is 10.2. The Balaban J connectivity index is 2.04. The second-order valence-electron chi connectivity index (χ2n) is 4.47. The first kappa shape index (κ1) is 14.7. The van der Waals surface area contributed by atoms with Crippen LogP contribution >= 0.6 is 11.3 Å². The Morgan fingerprint density at radius 1 is 1.45 bits per heavy atom. The van der Waals surface area contributed by atoms with Gasteiger partial charge in [0.2, 0.25) is 0 Å². The second-order valence-corrected chi connectivity index (χ2v) is 5.55. The summed E-state index contributed by atoms with van der Waals surface area (Å²) in [5.41, 5.74) is 1.82. The maximum Gasteiger partial charge on any atom is 0.261 e. The maximum atomic E-state index is 12.0. The predicted octanol–water partition coefficient (Wildman–Crippen LogP) is 2.79. The van der Waals surface area contributed by atoms with Gasteiger partial charge in [-0.15, -0.1) is 11.3 Å². The Kier molecular flexibility index (Phi) is 4.92. The number of thiophene rings is 1. The van der Waals surface area contributed by atoms with E-state index in [9.17, 15) is 4.79 Å². The van der Waals surface area contributed by atoms with Crippen molar-refractivity contribution in [1.29, 1.82) is 0 Å². The molecule has 2 aromatic rings. The molecule has 5 nitrogen and oxygen atoms in total. The molecule has 0 atom stereocenters. The average Bonchev–Trinajstić information content (AvgIpc) is 3.02. The Hall–Kier alpha value is -1.66. The minimum absolute atomic E-state index is 0.0517. The van der Waals surface area contributed by atoms with E-state index in [2.05, 4.69) is 10.5 Å². The van der Waals surface area contributed by atoms with Crippen molar-refractivity contribution in [3.63, 3.8) is 0 Å².